The molecule has 27 heavy (non-hydrogen) atoms. The van der Waals surface area contributed by atoms with Crippen LogP contribution in [0.2, 0.25) is 0 Å². The molecule has 2 heterocycles. The summed E-state index contributed by atoms with van der Waals surface area (Å²) in [6.45, 7) is 0. The Morgan fingerprint density at radius 1 is 1.04 bits per heavy atom. The smallest absolute Gasteiger partial charge is 0.236 e. The number of imidazole rings is 1. The zero-order valence-corrected chi connectivity index (χ0v) is 15.9. The second-order valence-electron chi connectivity index (χ2n) is 5.71. The molecule has 4 rings (SSSR count). The zero-order chi connectivity index (χ0) is 18.5. The van der Waals surface area contributed by atoms with Gasteiger partial charge in [-0.15, -0.1) is 11.3 Å². The van der Waals surface area contributed by atoms with Crippen molar-refractivity contribution >= 4 is 34.1 Å². The summed E-state index contributed by atoms with van der Waals surface area (Å²) in [6, 6.07) is 19.9. The van der Waals surface area contributed by atoms with Crippen LogP contribution in [0.15, 0.2) is 77.4 Å². The number of nitrogens with one attached hydrogen (secondary N) is 2. The minimum atomic E-state index is -0.105. The van der Waals surface area contributed by atoms with Gasteiger partial charge in [0.15, 0.2) is 10.3 Å². The zero-order valence-electron chi connectivity index (χ0n) is 14.3. The standard InChI is InChI=1S/C20H16N4OS2/c25-18(24-20-23-17(12-26-20)15-9-5-2-6-10-15)13-27-19-21-11-16(22-19)14-7-3-1-4-8-14/h1-12H,13H2,(H,21,22)(H,23,24,25). The number of thiazole rings is 1. The molecule has 0 saturated carbocycles. The average Bonchev–Trinajstić information content (AvgIpc) is 3.37. The molecule has 0 bridgehead atoms. The van der Waals surface area contributed by atoms with Gasteiger partial charge in [-0.2, -0.15) is 0 Å². The van der Waals surface area contributed by atoms with Crippen LogP contribution in [-0.4, -0.2) is 26.6 Å². The maximum atomic E-state index is 12.2. The van der Waals surface area contributed by atoms with E-state index in [1.807, 2.05) is 66.0 Å². The highest BCUT2D eigenvalue weighted by Crippen LogP contribution is 2.25. The Balaban J connectivity index is 1.33. The second-order valence-corrected chi connectivity index (χ2v) is 7.53. The number of carbonyl (C=O) groups excluding carboxylic acids is 1. The first-order valence-electron chi connectivity index (χ1n) is 8.32. The Hall–Kier alpha value is -2.90. The lowest BCUT2D eigenvalue weighted by Crippen LogP contribution is -2.13. The van der Waals surface area contributed by atoms with Gasteiger partial charge in [0.05, 0.1) is 23.3 Å². The number of aromatic nitrogens is 3. The van der Waals surface area contributed by atoms with Crippen molar-refractivity contribution in [1.82, 2.24) is 15.0 Å². The molecule has 0 atom stereocenters. The van der Waals surface area contributed by atoms with Crippen LogP contribution in [0.25, 0.3) is 22.5 Å². The maximum absolute atomic E-state index is 12.2. The summed E-state index contributed by atoms with van der Waals surface area (Å²) in [5.41, 5.74) is 3.90. The molecule has 0 fully saturated rings. The van der Waals surface area contributed by atoms with Crippen molar-refractivity contribution in [2.75, 3.05) is 11.1 Å². The minimum absolute atomic E-state index is 0.105. The molecule has 134 valence electrons. The van der Waals surface area contributed by atoms with Crippen LogP contribution in [0.5, 0.6) is 0 Å². The highest BCUT2D eigenvalue weighted by molar-refractivity contribution is 7.99. The van der Waals surface area contributed by atoms with Crippen molar-refractivity contribution in [1.29, 1.82) is 0 Å². The third-order valence-electron chi connectivity index (χ3n) is 3.80. The predicted molar refractivity (Wildman–Crippen MR) is 111 cm³/mol. The minimum Gasteiger partial charge on any atom is -0.333 e. The molecule has 2 aromatic carbocycles. The van der Waals surface area contributed by atoms with Gasteiger partial charge in [0.2, 0.25) is 5.91 Å². The lowest BCUT2D eigenvalue weighted by molar-refractivity contribution is -0.113. The van der Waals surface area contributed by atoms with E-state index in [9.17, 15) is 4.79 Å². The Bertz CT molecular complexity index is 1030. The molecular weight excluding hydrogens is 376 g/mol. The second kappa shape index (κ2) is 8.20. The number of aromatic amines is 1. The average molecular weight is 393 g/mol. The molecular formula is C20H16N4OS2. The number of benzene rings is 2. The van der Waals surface area contributed by atoms with Gasteiger partial charge >= 0.3 is 0 Å². The van der Waals surface area contributed by atoms with Crippen molar-refractivity contribution < 1.29 is 4.79 Å². The van der Waals surface area contributed by atoms with Crippen LogP contribution in [0.4, 0.5) is 5.13 Å². The van der Waals surface area contributed by atoms with E-state index < -0.39 is 0 Å². The number of carbonyl (C=O) groups is 1. The first-order valence-corrected chi connectivity index (χ1v) is 10.2. The summed E-state index contributed by atoms with van der Waals surface area (Å²) in [6.07, 6.45) is 1.78. The molecule has 0 aliphatic carbocycles. The van der Waals surface area contributed by atoms with Gasteiger partial charge in [-0.1, -0.05) is 72.4 Å². The molecule has 0 radical (unpaired) electrons. The molecule has 2 aromatic heterocycles. The Morgan fingerprint density at radius 2 is 1.74 bits per heavy atom. The summed E-state index contributed by atoms with van der Waals surface area (Å²) in [5, 5.41) is 6.10. The van der Waals surface area contributed by atoms with Crippen LogP contribution >= 0.6 is 23.1 Å². The summed E-state index contributed by atoms with van der Waals surface area (Å²) < 4.78 is 0. The molecule has 4 aromatic rings. The summed E-state index contributed by atoms with van der Waals surface area (Å²) >= 11 is 2.78. The number of nitrogens with zero attached hydrogens (tertiary/aromatic N) is 2. The van der Waals surface area contributed by atoms with Gasteiger partial charge in [-0.05, 0) is 5.56 Å². The van der Waals surface area contributed by atoms with Crippen molar-refractivity contribution in [2.24, 2.45) is 0 Å². The Morgan fingerprint density at radius 3 is 2.48 bits per heavy atom. The number of anilines is 1. The molecule has 0 aliphatic rings. The fraction of sp³-hybridized carbons (Fsp3) is 0.0500. The lowest BCUT2D eigenvalue weighted by atomic mass is 10.2. The highest BCUT2D eigenvalue weighted by Gasteiger charge is 2.10. The Kier molecular flexibility index (Phi) is 5.32. The normalized spacial score (nSPS) is 10.7. The first-order chi connectivity index (χ1) is 13.3. The van der Waals surface area contributed by atoms with Crippen LogP contribution in [0, 0.1) is 0 Å². The van der Waals surface area contributed by atoms with Gasteiger partial charge < -0.3 is 10.3 Å². The van der Waals surface area contributed by atoms with Crippen LogP contribution < -0.4 is 5.32 Å². The van der Waals surface area contributed by atoms with Gasteiger partial charge in [0.25, 0.3) is 0 Å². The van der Waals surface area contributed by atoms with Crippen molar-refractivity contribution in [3.8, 4) is 22.5 Å². The van der Waals surface area contributed by atoms with Gasteiger partial charge in [-0.25, -0.2) is 9.97 Å². The van der Waals surface area contributed by atoms with E-state index in [1.54, 1.807) is 6.20 Å². The monoisotopic (exact) mass is 392 g/mol. The largest absolute Gasteiger partial charge is 0.333 e. The summed E-state index contributed by atoms with van der Waals surface area (Å²) in [5.74, 6) is 0.161. The summed E-state index contributed by atoms with van der Waals surface area (Å²) in [7, 11) is 0. The van der Waals surface area contributed by atoms with E-state index in [1.165, 1.54) is 23.1 Å². The van der Waals surface area contributed by atoms with Gasteiger partial charge in [-0.3, -0.25) is 4.79 Å². The van der Waals surface area contributed by atoms with E-state index in [2.05, 4.69) is 20.3 Å². The first kappa shape index (κ1) is 17.5. The van der Waals surface area contributed by atoms with E-state index in [0.717, 1.165) is 22.5 Å². The number of H-pyrrole nitrogens is 1. The van der Waals surface area contributed by atoms with Crippen molar-refractivity contribution in [3.05, 3.63) is 72.2 Å². The number of hydrogen-bond donors (Lipinski definition) is 2. The number of amides is 1. The van der Waals surface area contributed by atoms with E-state index in [0.29, 0.717) is 10.3 Å². The van der Waals surface area contributed by atoms with E-state index in [-0.39, 0.29) is 11.7 Å². The number of hydrogen-bond acceptors (Lipinski definition) is 5. The van der Waals surface area contributed by atoms with Crippen molar-refractivity contribution in [2.45, 2.75) is 5.16 Å². The third kappa shape index (κ3) is 4.45. The highest BCUT2D eigenvalue weighted by atomic mass is 32.2. The predicted octanol–water partition coefficient (Wildman–Crippen LogP) is 4.93. The van der Waals surface area contributed by atoms with Crippen LogP contribution in [0.1, 0.15) is 0 Å². The van der Waals surface area contributed by atoms with E-state index >= 15 is 0 Å². The fourth-order valence-corrected chi connectivity index (χ4v) is 3.89. The fourth-order valence-electron chi connectivity index (χ4n) is 2.50. The molecule has 0 aliphatic heterocycles. The maximum Gasteiger partial charge on any atom is 0.236 e. The van der Waals surface area contributed by atoms with Gasteiger partial charge in [0, 0.05) is 10.9 Å². The van der Waals surface area contributed by atoms with E-state index in [4.69, 9.17) is 0 Å². The van der Waals surface area contributed by atoms with Crippen molar-refractivity contribution in [3.63, 3.8) is 0 Å². The molecule has 5 nitrogen and oxygen atoms in total. The third-order valence-corrected chi connectivity index (χ3v) is 5.44. The topological polar surface area (TPSA) is 70.7 Å². The molecule has 0 spiro atoms. The van der Waals surface area contributed by atoms with Gasteiger partial charge in [0.1, 0.15) is 0 Å². The molecule has 2 N–H and O–H groups in total. The lowest BCUT2D eigenvalue weighted by Gasteiger charge is -2.00. The van der Waals surface area contributed by atoms with Crippen LogP contribution in [0.3, 0.4) is 0 Å². The number of rotatable bonds is 6. The molecule has 7 heteroatoms. The summed E-state index contributed by atoms with van der Waals surface area (Å²) in [4.78, 5) is 24.2. The Labute approximate surface area is 164 Å². The SMILES string of the molecule is O=C(CSc1ncc(-c2ccccc2)[nH]1)Nc1nc(-c2ccccc2)cs1. The molecule has 1 amide bonds. The molecule has 0 unspecified atom stereocenters. The number of thioether (sulfide) groups is 1. The molecule has 0 saturated heterocycles. The quantitative estimate of drug-likeness (QED) is 0.456. The van der Waals surface area contributed by atoms with Crippen LogP contribution in [-0.2, 0) is 4.79 Å².